The molecule has 0 radical (unpaired) electrons. The van der Waals surface area contributed by atoms with E-state index in [1.54, 1.807) is 24.3 Å². The third-order valence-corrected chi connectivity index (χ3v) is 13.8. The van der Waals surface area contributed by atoms with E-state index < -0.39 is 33.8 Å². The molecule has 0 bridgehead atoms. The monoisotopic (exact) mass is 843 g/mol. The first kappa shape index (κ1) is 42.3. The Morgan fingerprint density at radius 3 is 2.23 bits per heavy atom. The van der Waals surface area contributed by atoms with Gasteiger partial charge in [-0.05, 0) is 79.3 Å². The number of carbonyl (C=O) groups excluding carboxylic acids is 2. The molecule has 3 aliphatic heterocycles. The van der Waals surface area contributed by atoms with Crippen molar-refractivity contribution in [3.63, 3.8) is 0 Å². The summed E-state index contributed by atoms with van der Waals surface area (Å²) in [5, 5.41) is 15.8. The van der Waals surface area contributed by atoms with Crippen molar-refractivity contribution in [2.75, 3.05) is 36.5 Å². The number of benzene rings is 5. The fraction of sp³-hybridized carbons (Fsp3) is 0.333. The third kappa shape index (κ3) is 9.42. The van der Waals surface area contributed by atoms with Gasteiger partial charge in [0.2, 0.25) is 21.8 Å². The number of sulfonamides is 1. The van der Waals surface area contributed by atoms with Gasteiger partial charge in [0.15, 0.2) is 6.29 Å². The molecule has 13 heteroatoms. The summed E-state index contributed by atoms with van der Waals surface area (Å²) in [5.41, 5.74) is 5.04. The predicted octanol–water partition coefficient (Wildman–Crippen LogP) is 6.24. The van der Waals surface area contributed by atoms with E-state index in [0.29, 0.717) is 50.4 Å². The summed E-state index contributed by atoms with van der Waals surface area (Å²) in [6.45, 7) is 6.47. The number of aliphatic hydroxyl groups is 1. The second-order valence-electron chi connectivity index (χ2n) is 16.4. The summed E-state index contributed by atoms with van der Waals surface area (Å²) in [6.07, 6.45) is 0.0688. The van der Waals surface area contributed by atoms with Crippen LogP contribution in [-0.2, 0) is 42.1 Å². The van der Waals surface area contributed by atoms with Gasteiger partial charge in [-0.15, -0.1) is 0 Å². The van der Waals surface area contributed by atoms with E-state index in [4.69, 9.17) is 9.47 Å². The minimum absolute atomic E-state index is 0.0640. The standard InChI is InChI=1S/C48H53N5O7S/c1-33-16-22-41(23-17-33)61(57,58)51-42(28-35-10-5-3-6-11-35)45(55)50-39-13-9-12-38(29-39)46-59-43(34(2)44(60-46)37-20-18-36(31-54)19-21-37)30-52-26-24-48(25-27-52)47(56)49-32-53(48)40-14-7-4-8-15-40/h3-23,29,34,42-44,46,51,54H,24-28,30-32H2,1-2H3,(H,49,56)(H,50,55)/t34-,42+,43+,44+,46+/m0/s1. The van der Waals surface area contributed by atoms with Gasteiger partial charge < -0.3 is 35.0 Å². The molecule has 1 spiro atoms. The van der Waals surface area contributed by atoms with E-state index in [2.05, 4.69) is 44.2 Å². The number of ether oxygens (including phenoxy) is 2. The lowest BCUT2D eigenvalue weighted by Gasteiger charge is -2.46. The number of aryl methyl sites for hydroxylation is 1. The normalized spacial score (nSPS) is 22.1. The van der Waals surface area contributed by atoms with E-state index >= 15 is 0 Å². The third-order valence-electron chi connectivity index (χ3n) is 12.3. The lowest BCUT2D eigenvalue weighted by molar-refractivity contribution is -0.276. The summed E-state index contributed by atoms with van der Waals surface area (Å²) >= 11 is 0. The van der Waals surface area contributed by atoms with Crippen molar-refractivity contribution in [3.05, 3.63) is 161 Å². The number of nitrogens with one attached hydrogen (secondary N) is 3. The number of carbonyl (C=O) groups is 2. The van der Waals surface area contributed by atoms with Gasteiger partial charge in [0.05, 0.1) is 30.4 Å². The van der Waals surface area contributed by atoms with Crippen LogP contribution in [0, 0.1) is 12.8 Å². The van der Waals surface area contributed by atoms with Crippen molar-refractivity contribution in [2.45, 2.75) is 74.7 Å². The molecule has 61 heavy (non-hydrogen) atoms. The van der Waals surface area contributed by atoms with Gasteiger partial charge in [-0.25, -0.2) is 8.42 Å². The van der Waals surface area contributed by atoms with Crippen molar-refractivity contribution < 1.29 is 32.6 Å². The molecular formula is C48H53N5O7S. The molecule has 3 aliphatic rings. The average molecular weight is 844 g/mol. The SMILES string of the molecule is Cc1ccc(S(=O)(=O)N[C@H](Cc2ccccc2)C(=O)Nc2cccc([C@@H]3O[C@H](CN4CCC5(CC4)C(=O)NCN5c4ccccc4)[C@H](C)[C@H](c4ccc(CO)cc4)O3)c2)cc1. The highest BCUT2D eigenvalue weighted by atomic mass is 32.2. The molecule has 0 aliphatic carbocycles. The molecule has 3 heterocycles. The first-order valence-electron chi connectivity index (χ1n) is 20.9. The molecule has 5 aromatic rings. The smallest absolute Gasteiger partial charge is 0.247 e. The van der Waals surface area contributed by atoms with Crippen molar-refractivity contribution in [3.8, 4) is 0 Å². The highest BCUT2D eigenvalue weighted by Gasteiger charge is 2.51. The summed E-state index contributed by atoms with van der Waals surface area (Å²) in [5.74, 6) is -0.508. The van der Waals surface area contributed by atoms with E-state index in [1.807, 2.05) is 91.9 Å². The number of para-hydroxylation sites is 1. The van der Waals surface area contributed by atoms with Crippen LogP contribution in [0.4, 0.5) is 11.4 Å². The molecule has 4 N–H and O–H groups in total. The Morgan fingerprint density at radius 1 is 0.852 bits per heavy atom. The molecule has 3 fully saturated rings. The largest absolute Gasteiger partial charge is 0.392 e. The van der Waals surface area contributed by atoms with Crippen LogP contribution < -0.4 is 20.3 Å². The molecule has 0 unspecified atom stereocenters. The zero-order valence-corrected chi connectivity index (χ0v) is 35.3. The number of rotatable bonds is 13. The molecule has 5 aromatic carbocycles. The molecule has 0 aromatic heterocycles. The molecule has 318 valence electrons. The topological polar surface area (TPSA) is 150 Å². The van der Waals surface area contributed by atoms with Crippen molar-refractivity contribution in [1.82, 2.24) is 14.9 Å². The van der Waals surface area contributed by atoms with E-state index in [0.717, 1.165) is 27.9 Å². The van der Waals surface area contributed by atoms with Gasteiger partial charge in [0, 0.05) is 42.5 Å². The fourth-order valence-electron chi connectivity index (χ4n) is 8.72. The van der Waals surface area contributed by atoms with Crippen LogP contribution in [0.3, 0.4) is 0 Å². The number of hydrogen-bond donors (Lipinski definition) is 4. The minimum atomic E-state index is -4.04. The van der Waals surface area contributed by atoms with Crippen molar-refractivity contribution in [2.24, 2.45) is 5.92 Å². The molecule has 5 atom stereocenters. The first-order valence-corrected chi connectivity index (χ1v) is 22.4. The Morgan fingerprint density at radius 2 is 1.54 bits per heavy atom. The number of nitrogens with zero attached hydrogens (tertiary/aromatic N) is 2. The summed E-state index contributed by atoms with van der Waals surface area (Å²) in [4.78, 5) is 32.1. The average Bonchev–Trinajstić information content (AvgIpc) is 3.59. The first-order chi connectivity index (χ1) is 29.5. The van der Waals surface area contributed by atoms with Crippen LogP contribution in [0.1, 0.15) is 60.0 Å². The number of piperidine rings is 1. The van der Waals surface area contributed by atoms with E-state index in [9.17, 15) is 23.1 Å². The quantitative estimate of drug-likeness (QED) is 0.108. The Kier molecular flexibility index (Phi) is 12.7. The molecule has 3 saturated heterocycles. The highest BCUT2D eigenvalue weighted by molar-refractivity contribution is 7.89. The molecule has 0 saturated carbocycles. The van der Waals surface area contributed by atoms with Crippen molar-refractivity contribution >= 4 is 33.2 Å². The number of likely N-dealkylation sites (tertiary alicyclic amines) is 1. The summed E-state index contributed by atoms with van der Waals surface area (Å²) in [7, 11) is -4.04. The molecular weight excluding hydrogens is 791 g/mol. The maximum atomic E-state index is 14.0. The second-order valence-corrected chi connectivity index (χ2v) is 18.1. The van der Waals surface area contributed by atoms with Gasteiger partial charge in [-0.2, -0.15) is 4.72 Å². The van der Waals surface area contributed by atoms with E-state index in [-0.39, 0.29) is 42.0 Å². The van der Waals surface area contributed by atoms with Crippen LogP contribution in [0.2, 0.25) is 0 Å². The summed E-state index contributed by atoms with van der Waals surface area (Å²) in [6, 6.07) is 39.8. The van der Waals surface area contributed by atoms with Gasteiger partial charge in [-0.1, -0.05) is 110 Å². The van der Waals surface area contributed by atoms with E-state index in [1.165, 1.54) is 12.1 Å². The number of amides is 2. The predicted molar refractivity (Wildman–Crippen MR) is 234 cm³/mol. The minimum Gasteiger partial charge on any atom is -0.392 e. The number of hydrogen-bond acceptors (Lipinski definition) is 9. The Hall–Kier alpha value is -5.41. The van der Waals surface area contributed by atoms with Gasteiger partial charge in [-0.3, -0.25) is 9.59 Å². The van der Waals surface area contributed by atoms with Crippen LogP contribution in [0.5, 0.6) is 0 Å². The molecule has 2 amide bonds. The Balaban J connectivity index is 1.01. The lowest BCUT2D eigenvalue weighted by atomic mass is 9.84. The van der Waals surface area contributed by atoms with Gasteiger partial charge in [0.1, 0.15) is 11.6 Å². The van der Waals surface area contributed by atoms with Crippen LogP contribution >= 0.6 is 0 Å². The van der Waals surface area contributed by atoms with Crippen molar-refractivity contribution in [1.29, 1.82) is 0 Å². The fourth-order valence-corrected chi connectivity index (χ4v) is 9.92. The Bertz CT molecular complexity index is 2390. The maximum absolute atomic E-state index is 14.0. The van der Waals surface area contributed by atoms with Crippen LogP contribution in [0.15, 0.2) is 138 Å². The lowest BCUT2D eigenvalue weighted by Crippen LogP contribution is -2.57. The highest BCUT2D eigenvalue weighted by Crippen LogP contribution is 2.43. The van der Waals surface area contributed by atoms with Crippen LogP contribution in [-0.4, -0.2) is 74.2 Å². The zero-order chi connectivity index (χ0) is 42.6. The molecule has 12 nitrogen and oxygen atoms in total. The van der Waals surface area contributed by atoms with Crippen LogP contribution in [0.25, 0.3) is 0 Å². The maximum Gasteiger partial charge on any atom is 0.247 e. The zero-order valence-electron chi connectivity index (χ0n) is 34.4. The second kappa shape index (κ2) is 18.3. The van der Waals surface area contributed by atoms with Gasteiger partial charge in [0.25, 0.3) is 0 Å². The Labute approximate surface area is 357 Å². The number of aliphatic hydroxyl groups excluding tert-OH is 1. The molecule has 8 rings (SSSR count). The number of anilines is 2. The van der Waals surface area contributed by atoms with Gasteiger partial charge >= 0.3 is 0 Å². The summed E-state index contributed by atoms with van der Waals surface area (Å²) < 4.78 is 43.3.